The van der Waals surface area contributed by atoms with Crippen molar-refractivity contribution in [3.63, 3.8) is 0 Å². The summed E-state index contributed by atoms with van der Waals surface area (Å²) in [5, 5.41) is 0. The Morgan fingerprint density at radius 2 is 2.45 bits per heavy atom. The van der Waals surface area contributed by atoms with Gasteiger partial charge in [-0.1, -0.05) is 0 Å². The Morgan fingerprint density at radius 1 is 1.55 bits per heavy atom. The van der Waals surface area contributed by atoms with Crippen LogP contribution in [0.4, 0.5) is 0 Å². The molecule has 11 heavy (non-hydrogen) atoms. The van der Waals surface area contributed by atoms with E-state index in [-0.39, 0.29) is 6.29 Å². The van der Waals surface area contributed by atoms with Crippen LogP contribution in [-0.4, -0.2) is 26.0 Å². The van der Waals surface area contributed by atoms with Gasteiger partial charge in [0.15, 0.2) is 6.29 Å². The second-order valence-electron chi connectivity index (χ2n) is 2.55. The minimum Gasteiger partial charge on any atom is -0.353 e. The van der Waals surface area contributed by atoms with E-state index in [2.05, 4.69) is 4.85 Å². The largest absolute Gasteiger partial charge is 0.353 e. The predicted octanol–water partition coefficient (Wildman–Crippen LogP) is 1.45. The first-order valence-electron chi connectivity index (χ1n) is 4.00. The van der Waals surface area contributed by atoms with Crippen LogP contribution in [-0.2, 0) is 9.47 Å². The molecular weight excluding hydrogens is 142 g/mol. The average Bonchev–Trinajstić information content (AvgIpc) is 2.07. The lowest BCUT2D eigenvalue weighted by atomic mass is 10.2. The van der Waals surface area contributed by atoms with Crippen LogP contribution in [0.25, 0.3) is 4.85 Å². The average molecular weight is 155 g/mol. The van der Waals surface area contributed by atoms with Crippen molar-refractivity contribution in [1.82, 2.24) is 0 Å². The number of hydrogen-bond donors (Lipinski definition) is 0. The molecule has 3 heteroatoms. The van der Waals surface area contributed by atoms with Gasteiger partial charge in [0.2, 0.25) is 6.54 Å². The van der Waals surface area contributed by atoms with Crippen LogP contribution in [0.3, 0.4) is 0 Å². The van der Waals surface area contributed by atoms with Crippen LogP contribution in [0.15, 0.2) is 0 Å². The monoisotopic (exact) mass is 155 g/mol. The molecule has 0 N–H and O–H groups in total. The zero-order valence-corrected chi connectivity index (χ0v) is 6.58. The van der Waals surface area contributed by atoms with Crippen LogP contribution in [0.5, 0.6) is 0 Å². The van der Waals surface area contributed by atoms with Gasteiger partial charge in [0.1, 0.15) is 6.61 Å². The summed E-state index contributed by atoms with van der Waals surface area (Å²) in [6, 6.07) is 0. The zero-order chi connectivity index (χ0) is 7.94. The van der Waals surface area contributed by atoms with Crippen molar-refractivity contribution in [2.45, 2.75) is 25.6 Å². The fourth-order valence-electron chi connectivity index (χ4n) is 1.07. The van der Waals surface area contributed by atoms with Crippen LogP contribution in [0, 0.1) is 6.57 Å². The predicted molar refractivity (Wildman–Crippen MR) is 41.0 cm³/mol. The zero-order valence-electron chi connectivity index (χ0n) is 6.58. The first-order valence-corrected chi connectivity index (χ1v) is 4.00. The SMILES string of the molecule is [C-]#[N+]CCOC1CCCCO1. The second-order valence-corrected chi connectivity index (χ2v) is 2.55. The number of nitrogens with zero attached hydrogens (tertiary/aromatic N) is 1. The lowest BCUT2D eigenvalue weighted by Crippen LogP contribution is -2.23. The molecule has 62 valence electrons. The normalized spacial score (nSPS) is 24.5. The van der Waals surface area contributed by atoms with Crippen molar-refractivity contribution in [3.05, 3.63) is 11.4 Å². The van der Waals surface area contributed by atoms with E-state index >= 15 is 0 Å². The lowest BCUT2D eigenvalue weighted by Gasteiger charge is -2.21. The molecule has 0 aliphatic carbocycles. The van der Waals surface area contributed by atoms with E-state index in [1.807, 2.05) is 0 Å². The molecule has 1 heterocycles. The standard InChI is InChI=1S/C8H13NO2/c1-9-5-7-11-8-4-2-3-6-10-8/h8H,2-7H2. The van der Waals surface area contributed by atoms with E-state index in [9.17, 15) is 0 Å². The third kappa shape index (κ3) is 3.35. The van der Waals surface area contributed by atoms with Crippen molar-refractivity contribution in [2.24, 2.45) is 0 Å². The maximum atomic E-state index is 6.52. The minimum atomic E-state index is -0.0366. The number of hydrogen-bond acceptors (Lipinski definition) is 2. The van der Waals surface area contributed by atoms with E-state index in [0.717, 1.165) is 19.4 Å². The highest BCUT2D eigenvalue weighted by Gasteiger charge is 2.13. The first-order chi connectivity index (χ1) is 5.43. The molecule has 1 atom stereocenters. The van der Waals surface area contributed by atoms with E-state index in [1.54, 1.807) is 0 Å². The highest BCUT2D eigenvalue weighted by Crippen LogP contribution is 2.13. The molecule has 0 bridgehead atoms. The maximum Gasteiger partial charge on any atom is 0.237 e. The summed E-state index contributed by atoms with van der Waals surface area (Å²) in [5.41, 5.74) is 0. The van der Waals surface area contributed by atoms with E-state index in [4.69, 9.17) is 16.0 Å². The van der Waals surface area contributed by atoms with Gasteiger partial charge in [-0.2, -0.15) is 0 Å². The number of ether oxygens (including phenoxy) is 2. The molecular formula is C8H13NO2. The van der Waals surface area contributed by atoms with E-state index in [1.165, 1.54) is 6.42 Å². The minimum absolute atomic E-state index is 0.0366. The molecule has 0 aromatic carbocycles. The summed E-state index contributed by atoms with van der Waals surface area (Å²) < 4.78 is 10.6. The van der Waals surface area contributed by atoms with Gasteiger partial charge in [-0.25, -0.2) is 6.57 Å². The number of rotatable bonds is 3. The molecule has 0 amide bonds. The molecule has 0 saturated carbocycles. The second kappa shape index (κ2) is 5.11. The summed E-state index contributed by atoms with van der Waals surface area (Å²) in [4.78, 5) is 3.19. The quantitative estimate of drug-likeness (QED) is 0.454. The van der Waals surface area contributed by atoms with Crippen LogP contribution < -0.4 is 0 Å². The van der Waals surface area contributed by atoms with Gasteiger partial charge in [-0.15, -0.1) is 0 Å². The van der Waals surface area contributed by atoms with Crippen LogP contribution in [0.2, 0.25) is 0 Å². The summed E-state index contributed by atoms with van der Waals surface area (Å²) in [7, 11) is 0. The van der Waals surface area contributed by atoms with Crippen LogP contribution in [0.1, 0.15) is 19.3 Å². The molecule has 1 aliphatic heterocycles. The highest BCUT2D eigenvalue weighted by atomic mass is 16.7. The fraction of sp³-hybridized carbons (Fsp3) is 0.875. The third-order valence-electron chi connectivity index (χ3n) is 1.64. The summed E-state index contributed by atoms with van der Waals surface area (Å²) in [6.07, 6.45) is 3.27. The van der Waals surface area contributed by atoms with E-state index in [0.29, 0.717) is 13.2 Å². The van der Waals surface area contributed by atoms with E-state index < -0.39 is 0 Å². The molecule has 0 aromatic heterocycles. The lowest BCUT2D eigenvalue weighted by molar-refractivity contribution is -0.159. The molecule has 1 fully saturated rings. The first kappa shape index (κ1) is 8.51. The fourth-order valence-corrected chi connectivity index (χ4v) is 1.07. The Hall–Kier alpha value is -0.590. The maximum absolute atomic E-state index is 6.52. The van der Waals surface area contributed by atoms with Crippen molar-refractivity contribution < 1.29 is 9.47 Å². The smallest absolute Gasteiger partial charge is 0.237 e. The molecule has 3 nitrogen and oxygen atoms in total. The Morgan fingerprint density at radius 3 is 3.09 bits per heavy atom. The highest BCUT2D eigenvalue weighted by molar-refractivity contribution is 4.58. The molecule has 0 spiro atoms. The topological polar surface area (TPSA) is 22.8 Å². The Labute approximate surface area is 67.1 Å². The summed E-state index contributed by atoms with van der Waals surface area (Å²) in [5.74, 6) is 0. The van der Waals surface area contributed by atoms with Crippen LogP contribution >= 0.6 is 0 Å². The van der Waals surface area contributed by atoms with Gasteiger partial charge in [-0.3, -0.25) is 0 Å². The van der Waals surface area contributed by atoms with Gasteiger partial charge in [0.05, 0.1) is 0 Å². The Balaban J connectivity index is 2.01. The van der Waals surface area contributed by atoms with Gasteiger partial charge < -0.3 is 14.3 Å². The molecule has 1 aliphatic rings. The Bertz CT molecular complexity index is 136. The molecule has 1 saturated heterocycles. The van der Waals surface area contributed by atoms with Gasteiger partial charge in [-0.05, 0) is 19.3 Å². The van der Waals surface area contributed by atoms with Crippen molar-refractivity contribution in [1.29, 1.82) is 0 Å². The molecule has 1 rings (SSSR count). The summed E-state index contributed by atoms with van der Waals surface area (Å²) in [6.45, 7) is 8.28. The van der Waals surface area contributed by atoms with Crippen molar-refractivity contribution in [3.8, 4) is 0 Å². The van der Waals surface area contributed by atoms with Gasteiger partial charge in [0.25, 0.3) is 0 Å². The summed E-state index contributed by atoms with van der Waals surface area (Å²) >= 11 is 0. The Kier molecular flexibility index (Phi) is 3.95. The molecule has 0 radical (unpaired) electrons. The molecule has 1 unspecified atom stereocenters. The van der Waals surface area contributed by atoms with Crippen molar-refractivity contribution >= 4 is 0 Å². The third-order valence-corrected chi connectivity index (χ3v) is 1.64. The van der Waals surface area contributed by atoms with Gasteiger partial charge in [0, 0.05) is 6.61 Å². The van der Waals surface area contributed by atoms with Crippen molar-refractivity contribution in [2.75, 3.05) is 19.8 Å². The molecule has 0 aromatic rings. The van der Waals surface area contributed by atoms with Gasteiger partial charge >= 0.3 is 0 Å².